The van der Waals surface area contributed by atoms with Gasteiger partial charge in [0, 0.05) is 24.5 Å². The molecule has 249 valence electrons. The van der Waals surface area contributed by atoms with Crippen LogP contribution >= 0.6 is 0 Å². The zero-order chi connectivity index (χ0) is 34.1. The third-order valence-electron chi connectivity index (χ3n) is 8.91. The molecule has 15 nitrogen and oxygen atoms in total. The van der Waals surface area contributed by atoms with Crippen molar-refractivity contribution in [3.8, 4) is 5.75 Å². The van der Waals surface area contributed by atoms with Gasteiger partial charge in [-0.1, -0.05) is 11.3 Å². The van der Waals surface area contributed by atoms with Crippen molar-refractivity contribution in [2.24, 2.45) is 7.05 Å². The number of aromatic nitrogens is 2. The number of hydrogen-bond acceptors (Lipinski definition) is 9. The lowest BCUT2D eigenvalue weighted by molar-refractivity contribution is -0.135. The van der Waals surface area contributed by atoms with Crippen LogP contribution in [0.2, 0.25) is 6.04 Å². The van der Waals surface area contributed by atoms with E-state index in [1.54, 1.807) is 11.8 Å². The molecule has 3 aromatic carbocycles. The first-order valence-corrected chi connectivity index (χ1v) is 18.4. The number of piperidine rings is 1. The fourth-order valence-corrected chi connectivity index (χ4v) is 10.5. The molecule has 0 aliphatic carbocycles. The smallest absolute Gasteiger partial charge is 0.329 e. The normalized spacial score (nSPS) is 20.1. The highest BCUT2D eigenvalue weighted by Gasteiger charge is 2.38. The van der Waals surface area contributed by atoms with E-state index in [0.29, 0.717) is 33.7 Å². The van der Waals surface area contributed by atoms with E-state index in [2.05, 4.69) is 10.6 Å². The third-order valence-corrected chi connectivity index (χ3v) is 13.1. The maximum Gasteiger partial charge on any atom is 0.329 e. The van der Waals surface area contributed by atoms with E-state index < -0.39 is 60.7 Å². The van der Waals surface area contributed by atoms with Gasteiger partial charge in [-0.3, -0.25) is 38.5 Å². The Morgan fingerprint density at radius 1 is 1.08 bits per heavy atom. The lowest BCUT2D eigenvalue weighted by Gasteiger charge is -2.22. The summed E-state index contributed by atoms with van der Waals surface area (Å²) in [6.45, 7) is 0.121. The molecule has 4 amide bonds. The number of rotatable bonds is 6. The van der Waals surface area contributed by atoms with Crippen LogP contribution in [0.5, 0.6) is 5.75 Å². The Bertz CT molecular complexity index is 2250. The molecule has 1 unspecified atom stereocenters. The number of imidazole rings is 1. The first-order valence-electron chi connectivity index (χ1n) is 15.0. The highest BCUT2D eigenvalue weighted by atomic mass is 32.2. The van der Waals surface area contributed by atoms with Gasteiger partial charge < -0.3 is 10.4 Å². The summed E-state index contributed by atoms with van der Waals surface area (Å²) in [5, 5.41) is 16.9. The van der Waals surface area contributed by atoms with E-state index in [0.717, 1.165) is 11.2 Å². The molecule has 1 atom stereocenters. The molecule has 4 heterocycles. The molecular formula is C30H29FN7O8SSi. The summed E-state index contributed by atoms with van der Waals surface area (Å²) in [7, 11) is -3.80. The summed E-state index contributed by atoms with van der Waals surface area (Å²) in [4.78, 5) is 63.9. The second kappa shape index (κ2) is 11.6. The maximum absolute atomic E-state index is 15.4. The van der Waals surface area contributed by atoms with E-state index in [1.165, 1.54) is 33.4 Å². The number of benzene rings is 3. The number of aromatic hydroxyl groups is 1. The van der Waals surface area contributed by atoms with Gasteiger partial charge in [0.25, 0.3) is 5.91 Å². The van der Waals surface area contributed by atoms with Crippen LogP contribution in [0.1, 0.15) is 18.9 Å². The molecule has 4 aromatic rings. The van der Waals surface area contributed by atoms with Crippen molar-refractivity contribution in [2.75, 3.05) is 35.4 Å². The molecule has 0 saturated carbocycles. The van der Waals surface area contributed by atoms with Crippen molar-refractivity contribution >= 4 is 81.0 Å². The molecular weight excluding hydrogens is 666 g/mol. The first-order chi connectivity index (χ1) is 22.8. The van der Waals surface area contributed by atoms with Gasteiger partial charge in [0.15, 0.2) is 5.82 Å². The number of phenolic OH excluding ortho intramolecular Hbond substituents is 1. The van der Waals surface area contributed by atoms with Crippen molar-refractivity contribution < 1.29 is 37.1 Å². The summed E-state index contributed by atoms with van der Waals surface area (Å²) in [5.74, 6) is -3.70. The summed E-state index contributed by atoms with van der Waals surface area (Å²) < 4.78 is 45.0. The minimum atomic E-state index is -4.34. The lowest BCUT2D eigenvalue weighted by atomic mass is 10.1. The quantitative estimate of drug-likeness (QED) is 0.155. The topological polar surface area (TPSA) is 192 Å². The molecule has 1 aromatic heterocycles. The summed E-state index contributed by atoms with van der Waals surface area (Å²) >= 11 is 0. The van der Waals surface area contributed by atoms with Gasteiger partial charge in [0.2, 0.25) is 17.7 Å². The number of halogens is 1. The maximum atomic E-state index is 15.4. The van der Waals surface area contributed by atoms with Crippen LogP contribution in [0.25, 0.3) is 21.8 Å². The monoisotopic (exact) mass is 694 g/mol. The summed E-state index contributed by atoms with van der Waals surface area (Å²) in [6, 6.07) is 11.3. The van der Waals surface area contributed by atoms with Gasteiger partial charge in [-0.15, -0.1) is 0 Å². The Hall–Kier alpha value is -5.07. The number of hydrogen-bond donors (Lipinski definition) is 4. The number of anilines is 2. The van der Waals surface area contributed by atoms with Crippen LogP contribution in [0.15, 0.2) is 47.3 Å². The van der Waals surface area contributed by atoms with Gasteiger partial charge in [0.05, 0.1) is 17.6 Å². The Morgan fingerprint density at radius 3 is 2.60 bits per heavy atom. The number of nitrogens with one attached hydrogen (secondary N) is 3. The van der Waals surface area contributed by atoms with Gasteiger partial charge >= 0.3 is 15.9 Å². The van der Waals surface area contributed by atoms with Gasteiger partial charge in [0.1, 0.15) is 32.8 Å². The minimum absolute atomic E-state index is 0.0101. The zero-order valence-corrected chi connectivity index (χ0v) is 27.3. The van der Waals surface area contributed by atoms with E-state index in [4.69, 9.17) is 0 Å². The highest BCUT2D eigenvalue weighted by molar-refractivity contribution is 7.92. The average Bonchev–Trinajstić information content (AvgIpc) is 3.66. The van der Waals surface area contributed by atoms with Crippen molar-refractivity contribution in [1.29, 1.82) is 0 Å². The molecule has 18 heteroatoms. The van der Waals surface area contributed by atoms with E-state index in [1.807, 2.05) is 23.1 Å². The molecule has 4 N–H and O–H groups in total. The first kappa shape index (κ1) is 31.5. The van der Waals surface area contributed by atoms with Gasteiger partial charge in [-0.25, -0.2) is 18.2 Å². The van der Waals surface area contributed by atoms with Gasteiger partial charge in [-0.2, -0.15) is 8.42 Å². The van der Waals surface area contributed by atoms with E-state index in [9.17, 15) is 37.5 Å². The van der Waals surface area contributed by atoms with Crippen molar-refractivity contribution in [3.05, 3.63) is 58.8 Å². The van der Waals surface area contributed by atoms with Crippen LogP contribution in [0.3, 0.4) is 0 Å². The van der Waals surface area contributed by atoms with Crippen LogP contribution in [0, 0.1) is 5.82 Å². The highest BCUT2D eigenvalue weighted by Crippen LogP contribution is 2.39. The largest absolute Gasteiger partial charge is 0.506 e. The number of carbonyl (C=O) groups is 4. The van der Waals surface area contributed by atoms with Crippen LogP contribution in [-0.4, -0.2) is 85.8 Å². The Morgan fingerprint density at radius 2 is 1.88 bits per heavy atom. The van der Waals surface area contributed by atoms with Crippen molar-refractivity contribution in [1.82, 2.24) is 24.1 Å². The Labute approximate surface area is 273 Å². The Kier molecular flexibility index (Phi) is 7.59. The molecule has 0 bridgehead atoms. The fourth-order valence-electron chi connectivity index (χ4n) is 6.61. The molecule has 3 aliphatic rings. The number of amides is 4. The van der Waals surface area contributed by atoms with Crippen LogP contribution in [0.4, 0.5) is 15.8 Å². The zero-order valence-electron chi connectivity index (χ0n) is 25.4. The molecule has 48 heavy (non-hydrogen) atoms. The number of imide groups is 1. The molecule has 3 fully saturated rings. The Balaban J connectivity index is 1.03. The third kappa shape index (κ3) is 5.40. The molecule has 3 saturated heterocycles. The van der Waals surface area contributed by atoms with Crippen LogP contribution < -0.4 is 30.5 Å². The molecule has 1 radical (unpaired) electrons. The number of aryl methyl sites for hydroxylation is 1. The fraction of sp³-hybridized carbons (Fsp3) is 0.300. The van der Waals surface area contributed by atoms with Crippen molar-refractivity contribution in [3.63, 3.8) is 0 Å². The molecule has 3 aliphatic heterocycles. The van der Waals surface area contributed by atoms with E-state index in [-0.39, 0.29) is 47.7 Å². The molecule has 7 rings (SSSR count). The second-order valence-electron chi connectivity index (χ2n) is 12.0. The predicted octanol–water partition coefficient (Wildman–Crippen LogP) is -0.308. The van der Waals surface area contributed by atoms with E-state index >= 15 is 4.39 Å². The number of fused-ring (bicyclic) bond motifs is 2. The second-order valence-corrected chi connectivity index (χ2v) is 16.2. The summed E-state index contributed by atoms with van der Waals surface area (Å²) in [5.41, 5.74) is 0.678. The minimum Gasteiger partial charge on any atom is -0.506 e. The lowest BCUT2D eigenvalue weighted by Crippen LogP contribution is -2.44. The summed E-state index contributed by atoms with van der Waals surface area (Å²) in [6.07, 6.45) is 1.10. The number of phenols is 1. The van der Waals surface area contributed by atoms with Crippen LogP contribution in [-0.2, 0) is 36.4 Å². The SMILES string of the molecule is Cn1c(=O)n(C2CCC(=O)NC2=O)c2ccc([Si]3CCN(CC(=O)Nc4ccc5c(F)c(N6CC(=O)NS6(=O)=O)c(O)cc5c4)C3)cc21. The number of carbonyl (C=O) groups excluding carboxylic acids is 4. The van der Waals surface area contributed by atoms with Crippen molar-refractivity contribution in [2.45, 2.75) is 24.9 Å². The molecule has 0 spiro atoms. The standard InChI is InChI=1S/C30H29FN7O8SSi/c1-35-22-12-18(3-5-20(22)38(30(35)44)21-6-7-24(40)33-29(21)43)48-9-8-36(15-48)13-25(41)32-17-2-4-19-16(10-17)11-23(39)28(27(19)31)37-14-26(42)34-47(37,45)46/h2-5,10-12,21,39H,6-9,13-15H2,1H3,(H,32,41)(H,34,42)(H,33,40,43). The predicted molar refractivity (Wildman–Crippen MR) is 174 cm³/mol. The van der Waals surface area contributed by atoms with Gasteiger partial charge in [-0.05, 0) is 67.0 Å². The number of nitrogens with zero attached hydrogens (tertiary/aromatic N) is 4. The average molecular weight is 695 g/mol.